The van der Waals surface area contributed by atoms with Crippen LogP contribution in [-0.4, -0.2) is 20.7 Å². The molecule has 0 aliphatic rings. The molecule has 0 aliphatic carbocycles. The fraction of sp³-hybridized carbons (Fsp3) is 0.0714. The van der Waals surface area contributed by atoms with Gasteiger partial charge in [-0.3, -0.25) is 0 Å². The second-order valence-corrected chi connectivity index (χ2v) is 9.05. The molecule has 0 atom stereocenters. The molecule has 0 spiro atoms. The zero-order valence-electron chi connectivity index (χ0n) is 11.2. The van der Waals surface area contributed by atoms with Gasteiger partial charge in [0.1, 0.15) is 10.6 Å². The van der Waals surface area contributed by atoms with Crippen LogP contribution in [0.1, 0.15) is 0 Å². The molecule has 0 radical (unpaired) electrons. The zero-order chi connectivity index (χ0) is 15.5. The quantitative estimate of drug-likeness (QED) is 0.692. The topological polar surface area (TPSA) is 63.2 Å². The maximum atomic E-state index is 12.9. The number of hydrogen-bond acceptors (Lipinski definition) is 3. The van der Waals surface area contributed by atoms with Crippen molar-refractivity contribution in [3.05, 3.63) is 60.7 Å². The number of hydrogen-bond donors (Lipinski definition) is 1. The molecule has 0 saturated heterocycles. The largest absolute Gasteiger partial charge is 0.402 e. The van der Waals surface area contributed by atoms with Crippen molar-refractivity contribution in [3.8, 4) is 0 Å². The number of carbonyl (C=O) groups is 1. The van der Waals surface area contributed by atoms with Crippen LogP contribution in [0.4, 0.5) is 8.68 Å². The first-order chi connectivity index (χ1) is 9.84. The lowest BCUT2D eigenvalue weighted by Crippen LogP contribution is -2.36. The number of nitrogens with one attached hydrogen (secondary N) is 1. The lowest BCUT2D eigenvalue weighted by Gasteiger charge is -2.19. The van der Waals surface area contributed by atoms with Gasteiger partial charge < -0.3 is 0 Å². The van der Waals surface area contributed by atoms with Gasteiger partial charge in [0.2, 0.25) is 0 Å². The summed E-state index contributed by atoms with van der Waals surface area (Å²) in [5.74, 6) is 0. The van der Waals surface area contributed by atoms with Crippen LogP contribution in [-0.2, 0) is 10.4 Å². The summed E-state index contributed by atoms with van der Waals surface area (Å²) in [6.45, 7) is 1.66. The van der Waals surface area contributed by atoms with E-state index < -0.39 is 23.3 Å². The first kappa shape index (κ1) is 15.6. The summed E-state index contributed by atoms with van der Waals surface area (Å²) in [7, 11) is -7.82. The van der Waals surface area contributed by atoms with E-state index in [0.29, 0.717) is 10.6 Å². The van der Waals surface area contributed by atoms with Crippen molar-refractivity contribution in [2.75, 3.05) is 6.66 Å². The minimum atomic E-state index is -5.09. The Kier molecular flexibility index (Phi) is 4.40. The number of rotatable bonds is 4. The molecule has 21 heavy (non-hydrogen) atoms. The number of amides is 1. The highest BCUT2D eigenvalue weighted by Crippen LogP contribution is 2.53. The first-order valence-electron chi connectivity index (χ1n) is 6.09. The molecule has 1 amide bonds. The van der Waals surface area contributed by atoms with Gasteiger partial charge in [-0.15, -0.1) is 0 Å². The van der Waals surface area contributed by atoms with Crippen molar-refractivity contribution in [1.29, 1.82) is 0 Å². The third-order valence-electron chi connectivity index (χ3n) is 3.16. The standard InChI is InChI=1S/C14H13FNO3PS/c1-20(12-8-4-2-5-9-12,13-10-6-3-7-11-13)14(17)16-21(15,18)19/h2-11H,1H3/p+1. The third kappa shape index (κ3) is 3.46. The molecule has 0 unspecified atom stereocenters. The van der Waals surface area contributed by atoms with E-state index in [1.165, 1.54) is 4.72 Å². The SMILES string of the molecule is C[P+](C(=O)NS(=O)(=O)F)(c1ccccc1)c1ccccc1. The van der Waals surface area contributed by atoms with Crippen molar-refractivity contribution < 1.29 is 17.1 Å². The van der Waals surface area contributed by atoms with Crippen LogP contribution in [0.3, 0.4) is 0 Å². The van der Waals surface area contributed by atoms with E-state index in [4.69, 9.17) is 0 Å². The number of carbonyl (C=O) groups excluding carboxylic acids is 1. The van der Waals surface area contributed by atoms with Crippen LogP contribution in [0, 0.1) is 0 Å². The molecular formula is C14H14FNO3PS+. The lowest BCUT2D eigenvalue weighted by molar-refractivity contribution is 0.263. The zero-order valence-corrected chi connectivity index (χ0v) is 12.9. The first-order valence-corrected chi connectivity index (χ1v) is 9.70. The summed E-state index contributed by atoms with van der Waals surface area (Å²) in [5, 5.41) is 1.36. The molecule has 0 heterocycles. The predicted molar refractivity (Wildman–Crippen MR) is 83.6 cm³/mol. The van der Waals surface area contributed by atoms with E-state index in [0.717, 1.165) is 0 Å². The summed E-state index contributed by atoms with van der Waals surface area (Å²) in [5.41, 5.74) is -0.831. The Labute approximate surface area is 123 Å². The molecule has 110 valence electrons. The maximum absolute atomic E-state index is 12.9. The summed E-state index contributed by atoms with van der Waals surface area (Å²) in [4.78, 5) is 12.4. The van der Waals surface area contributed by atoms with Gasteiger partial charge in [-0.25, -0.2) is 4.79 Å². The minimum Gasteiger partial charge on any atom is -0.225 e. The molecule has 0 fully saturated rings. The van der Waals surface area contributed by atoms with Crippen LogP contribution in [0.25, 0.3) is 0 Å². The Morgan fingerprint density at radius 3 is 1.67 bits per heavy atom. The molecule has 0 bridgehead atoms. The highest BCUT2D eigenvalue weighted by Gasteiger charge is 2.48. The van der Waals surface area contributed by atoms with Gasteiger partial charge >= 0.3 is 16.1 Å². The fourth-order valence-electron chi connectivity index (χ4n) is 2.03. The average molecular weight is 326 g/mol. The van der Waals surface area contributed by atoms with Crippen LogP contribution in [0.15, 0.2) is 60.7 Å². The van der Waals surface area contributed by atoms with Crippen LogP contribution >= 0.6 is 7.26 Å². The Balaban J connectivity index is 2.58. The Hall–Kier alpha value is -1.78. The Bertz CT molecular complexity index is 696. The van der Waals surface area contributed by atoms with Gasteiger partial charge in [-0.2, -0.15) is 13.1 Å². The summed E-state index contributed by atoms with van der Waals surface area (Å²) in [6.07, 6.45) is 0. The van der Waals surface area contributed by atoms with Gasteiger partial charge in [0.25, 0.3) is 0 Å². The molecule has 7 heteroatoms. The van der Waals surface area contributed by atoms with Crippen molar-refractivity contribution in [3.63, 3.8) is 0 Å². The van der Waals surface area contributed by atoms with Crippen molar-refractivity contribution in [2.45, 2.75) is 0 Å². The minimum absolute atomic E-state index is 0.678. The molecular weight excluding hydrogens is 312 g/mol. The predicted octanol–water partition coefficient (Wildman–Crippen LogP) is 2.21. The number of benzene rings is 2. The van der Waals surface area contributed by atoms with Gasteiger partial charge in [0.15, 0.2) is 7.26 Å². The normalized spacial score (nSPS) is 11.9. The fourth-order valence-corrected chi connectivity index (χ4v) is 5.60. The molecule has 0 aromatic heterocycles. The molecule has 2 aromatic rings. The Morgan fingerprint density at radius 1 is 0.952 bits per heavy atom. The van der Waals surface area contributed by atoms with E-state index >= 15 is 0 Å². The monoisotopic (exact) mass is 326 g/mol. The third-order valence-corrected chi connectivity index (χ3v) is 7.33. The second-order valence-electron chi connectivity index (χ2n) is 4.52. The maximum Gasteiger partial charge on any atom is 0.402 e. The van der Waals surface area contributed by atoms with Crippen molar-refractivity contribution in [2.24, 2.45) is 0 Å². The summed E-state index contributed by atoms with van der Waals surface area (Å²) >= 11 is 0. The molecule has 2 aromatic carbocycles. The van der Waals surface area contributed by atoms with Crippen molar-refractivity contribution in [1.82, 2.24) is 4.72 Å². The second kappa shape index (κ2) is 5.92. The molecule has 0 aliphatic heterocycles. The lowest BCUT2D eigenvalue weighted by atomic mass is 10.4. The average Bonchev–Trinajstić information content (AvgIpc) is 2.46. The molecule has 0 saturated carbocycles. The van der Waals surface area contributed by atoms with Gasteiger partial charge in [-0.05, 0) is 24.3 Å². The van der Waals surface area contributed by atoms with E-state index in [1.807, 2.05) is 0 Å². The summed E-state index contributed by atoms with van der Waals surface area (Å²) in [6, 6.07) is 17.6. The van der Waals surface area contributed by atoms with Crippen LogP contribution in [0.2, 0.25) is 0 Å². The summed E-state index contributed by atoms with van der Waals surface area (Å²) < 4.78 is 35.9. The highest BCUT2D eigenvalue weighted by atomic mass is 32.3. The van der Waals surface area contributed by atoms with Crippen LogP contribution in [0.5, 0.6) is 0 Å². The van der Waals surface area contributed by atoms with Gasteiger partial charge in [0.05, 0.1) is 6.66 Å². The van der Waals surface area contributed by atoms with E-state index in [1.54, 1.807) is 67.3 Å². The molecule has 4 nitrogen and oxygen atoms in total. The van der Waals surface area contributed by atoms with E-state index in [2.05, 4.69) is 0 Å². The van der Waals surface area contributed by atoms with Crippen molar-refractivity contribution >= 4 is 33.9 Å². The van der Waals surface area contributed by atoms with Gasteiger partial charge in [0, 0.05) is 0 Å². The Morgan fingerprint density at radius 2 is 1.33 bits per heavy atom. The van der Waals surface area contributed by atoms with E-state index in [-0.39, 0.29) is 0 Å². The highest BCUT2D eigenvalue weighted by molar-refractivity contribution is 8.03. The number of halogens is 1. The smallest absolute Gasteiger partial charge is 0.225 e. The van der Waals surface area contributed by atoms with E-state index in [9.17, 15) is 17.1 Å². The van der Waals surface area contributed by atoms with Gasteiger partial charge in [-0.1, -0.05) is 40.3 Å². The molecule has 2 rings (SSSR count). The molecule has 1 N–H and O–H groups in total. The van der Waals surface area contributed by atoms with Crippen LogP contribution < -0.4 is 15.3 Å².